The smallest absolute Gasteiger partial charge is 0.450 e. The molecule has 4 heterocycles. The fourth-order valence-corrected chi connectivity index (χ4v) is 5.35. The van der Waals surface area contributed by atoms with Crippen LogP contribution >= 0.6 is 11.8 Å². The van der Waals surface area contributed by atoms with Crippen molar-refractivity contribution in [2.45, 2.75) is 20.1 Å². The van der Waals surface area contributed by atoms with Crippen LogP contribution in [0.3, 0.4) is 0 Å². The molecule has 8 nitrogen and oxygen atoms in total. The molecule has 160 valence electrons. The number of hydrogen-bond acceptors (Lipinski definition) is 7. The molecule has 3 aromatic rings. The predicted octanol–water partition coefficient (Wildman–Crippen LogP) is 3.06. The van der Waals surface area contributed by atoms with Gasteiger partial charge in [0.15, 0.2) is 0 Å². The highest BCUT2D eigenvalue weighted by Crippen LogP contribution is 2.41. The maximum absolute atomic E-state index is 13.2. The number of pyridine rings is 2. The van der Waals surface area contributed by atoms with Crippen molar-refractivity contribution in [3.05, 3.63) is 51.3 Å². The van der Waals surface area contributed by atoms with E-state index in [9.17, 15) is 9.59 Å². The van der Waals surface area contributed by atoms with Crippen LogP contribution in [0.2, 0.25) is 0 Å². The van der Waals surface area contributed by atoms with Crippen molar-refractivity contribution >= 4 is 40.2 Å². The summed E-state index contributed by atoms with van der Waals surface area (Å²) in [6.07, 6.45) is -1.40. The molecule has 1 aromatic carbocycles. The van der Waals surface area contributed by atoms with Crippen LogP contribution in [0.25, 0.3) is 22.3 Å². The van der Waals surface area contributed by atoms with Crippen LogP contribution in [0.4, 0.5) is 16.2 Å². The van der Waals surface area contributed by atoms with Gasteiger partial charge >= 0.3 is 6.16 Å². The van der Waals surface area contributed by atoms with Crippen LogP contribution in [0.5, 0.6) is 0 Å². The second-order valence-electron chi connectivity index (χ2n) is 7.80. The first-order valence-corrected chi connectivity index (χ1v) is 11.2. The van der Waals surface area contributed by atoms with Gasteiger partial charge in [0.2, 0.25) is 0 Å². The molecule has 3 N–H and O–H groups in total. The minimum absolute atomic E-state index is 0.238. The predicted molar refractivity (Wildman–Crippen MR) is 122 cm³/mol. The van der Waals surface area contributed by atoms with Gasteiger partial charge in [0.1, 0.15) is 6.61 Å². The number of aromatic nitrogens is 2. The summed E-state index contributed by atoms with van der Waals surface area (Å²) in [6.45, 7) is 3.77. The Kier molecular flexibility index (Phi) is 4.77. The van der Waals surface area contributed by atoms with Gasteiger partial charge in [0.25, 0.3) is 5.56 Å². The molecule has 2 aliphatic rings. The number of nitrogens with two attached hydrogens (primary N) is 1. The second-order valence-corrected chi connectivity index (χ2v) is 9.03. The first-order valence-electron chi connectivity index (χ1n) is 10.1. The van der Waals surface area contributed by atoms with Gasteiger partial charge < -0.3 is 25.0 Å². The number of hydrogen-bond donors (Lipinski definition) is 2. The first-order chi connectivity index (χ1) is 14.9. The zero-order chi connectivity index (χ0) is 21.7. The molecule has 5 rings (SSSR count). The van der Waals surface area contributed by atoms with Crippen molar-refractivity contribution in [2.75, 3.05) is 35.2 Å². The number of fused-ring (bicyclic) bond motifs is 4. The molecule has 0 spiro atoms. The standard InChI is InChI=1S/C22H22N4O4S/c1-12-8-18-19-15(10-26(18)21(27)16(12)11-30-22(28)29)20(25-4-6-31-7-5-25)14-9-13(23)2-3-17(14)24-19/h2-3,8-9H,4-7,10-11,23H2,1H3,(H,28,29). The average molecular weight is 439 g/mol. The van der Waals surface area contributed by atoms with Gasteiger partial charge in [0.05, 0.1) is 34.7 Å². The lowest BCUT2D eigenvalue weighted by Crippen LogP contribution is -2.33. The van der Waals surface area contributed by atoms with E-state index < -0.39 is 6.16 Å². The van der Waals surface area contributed by atoms with E-state index in [1.165, 1.54) is 0 Å². The van der Waals surface area contributed by atoms with Gasteiger partial charge in [-0.15, -0.1) is 0 Å². The van der Waals surface area contributed by atoms with Crippen LogP contribution < -0.4 is 16.2 Å². The molecule has 1 saturated heterocycles. The summed E-state index contributed by atoms with van der Waals surface area (Å²) in [7, 11) is 0. The molecular formula is C22H22N4O4S. The van der Waals surface area contributed by atoms with Crippen LogP contribution in [-0.2, 0) is 17.9 Å². The van der Waals surface area contributed by atoms with Crippen molar-refractivity contribution in [1.82, 2.24) is 9.55 Å². The van der Waals surface area contributed by atoms with Gasteiger partial charge in [-0.25, -0.2) is 9.78 Å². The molecule has 0 unspecified atom stereocenters. The Hall–Kier alpha value is -3.20. The number of nitrogen functional groups attached to an aromatic ring is 1. The summed E-state index contributed by atoms with van der Waals surface area (Å²) in [5.41, 5.74) is 12.1. The molecule has 0 bridgehead atoms. The molecule has 1 fully saturated rings. The molecule has 0 amide bonds. The van der Waals surface area contributed by atoms with E-state index in [2.05, 4.69) is 9.64 Å². The molecular weight excluding hydrogens is 416 g/mol. The zero-order valence-electron chi connectivity index (χ0n) is 17.1. The lowest BCUT2D eigenvalue weighted by Gasteiger charge is -2.31. The van der Waals surface area contributed by atoms with Crippen molar-refractivity contribution in [2.24, 2.45) is 0 Å². The van der Waals surface area contributed by atoms with Crippen molar-refractivity contribution in [1.29, 1.82) is 0 Å². The van der Waals surface area contributed by atoms with E-state index in [0.717, 1.165) is 58.1 Å². The van der Waals surface area contributed by atoms with E-state index in [-0.39, 0.29) is 12.2 Å². The fourth-order valence-electron chi connectivity index (χ4n) is 4.45. The van der Waals surface area contributed by atoms with Gasteiger partial charge in [-0.2, -0.15) is 11.8 Å². The Morgan fingerprint density at radius 2 is 2.06 bits per heavy atom. The highest BCUT2D eigenvalue weighted by Gasteiger charge is 2.30. The summed E-state index contributed by atoms with van der Waals surface area (Å²) in [4.78, 5) is 31.3. The van der Waals surface area contributed by atoms with Gasteiger partial charge in [-0.05, 0) is 36.8 Å². The third-order valence-electron chi connectivity index (χ3n) is 5.93. The van der Waals surface area contributed by atoms with Gasteiger partial charge in [-0.1, -0.05) is 0 Å². The monoisotopic (exact) mass is 438 g/mol. The maximum Gasteiger partial charge on any atom is 0.506 e. The average Bonchev–Trinajstić information content (AvgIpc) is 3.10. The highest BCUT2D eigenvalue weighted by atomic mass is 32.2. The Balaban J connectivity index is 1.72. The van der Waals surface area contributed by atoms with Crippen LogP contribution in [0.15, 0.2) is 29.1 Å². The molecule has 31 heavy (non-hydrogen) atoms. The molecule has 0 atom stereocenters. The third-order valence-corrected chi connectivity index (χ3v) is 6.87. The van der Waals surface area contributed by atoms with E-state index in [4.69, 9.17) is 15.8 Å². The number of carboxylic acid groups (broad SMARTS) is 1. The molecule has 2 aliphatic heterocycles. The Morgan fingerprint density at radius 1 is 1.29 bits per heavy atom. The third kappa shape index (κ3) is 3.29. The minimum Gasteiger partial charge on any atom is -0.450 e. The molecule has 0 aliphatic carbocycles. The van der Waals surface area contributed by atoms with Crippen LogP contribution in [0.1, 0.15) is 16.7 Å². The van der Waals surface area contributed by atoms with Crippen molar-refractivity contribution in [3.8, 4) is 11.4 Å². The van der Waals surface area contributed by atoms with E-state index in [1.54, 1.807) is 11.5 Å². The SMILES string of the molecule is Cc1cc2n(c(=O)c1COC(=O)O)Cc1c-2nc2ccc(N)cc2c1N1CCSCC1. The summed E-state index contributed by atoms with van der Waals surface area (Å²) in [5, 5.41) is 9.84. The molecule has 2 aromatic heterocycles. The number of aryl methyl sites for hydroxylation is 1. The molecule has 0 radical (unpaired) electrons. The molecule has 0 saturated carbocycles. The van der Waals surface area contributed by atoms with E-state index in [0.29, 0.717) is 23.4 Å². The lowest BCUT2D eigenvalue weighted by atomic mass is 10.0. The lowest BCUT2D eigenvalue weighted by molar-refractivity contribution is 0.0848. The molecule has 9 heteroatoms. The number of anilines is 2. The topological polar surface area (TPSA) is 111 Å². The minimum atomic E-state index is -1.40. The van der Waals surface area contributed by atoms with Gasteiger partial charge in [0, 0.05) is 41.2 Å². The normalized spacial score (nSPS) is 15.1. The zero-order valence-corrected chi connectivity index (χ0v) is 17.9. The van der Waals surface area contributed by atoms with Crippen LogP contribution in [-0.4, -0.2) is 45.4 Å². The fraction of sp³-hybridized carbons (Fsp3) is 0.318. The first kappa shape index (κ1) is 19.7. The Labute approximate surface area is 182 Å². The number of thioether (sulfide) groups is 1. The number of benzene rings is 1. The Morgan fingerprint density at radius 3 is 2.81 bits per heavy atom. The summed E-state index contributed by atoms with van der Waals surface area (Å²) in [5.74, 6) is 2.09. The Bertz CT molecular complexity index is 1280. The quantitative estimate of drug-likeness (QED) is 0.371. The van der Waals surface area contributed by atoms with E-state index in [1.807, 2.05) is 36.0 Å². The number of carbonyl (C=O) groups is 1. The van der Waals surface area contributed by atoms with Crippen LogP contribution in [0, 0.1) is 6.92 Å². The summed E-state index contributed by atoms with van der Waals surface area (Å²) < 4.78 is 6.36. The summed E-state index contributed by atoms with van der Waals surface area (Å²) >= 11 is 1.94. The number of rotatable bonds is 3. The highest BCUT2D eigenvalue weighted by molar-refractivity contribution is 7.99. The second kappa shape index (κ2) is 7.49. The number of nitrogens with zero attached hydrogens (tertiary/aromatic N) is 3. The maximum atomic E-state index is 13.2. The van der Waals surface area contributed by atoms with E-state index >= 15 is 0 Å². The van der Waals surface area contributed by atoms with Crippen molar-refractivity contribution < 1.29 is 14.6 Å². The largest absolute Gasteiger partial charge is 0.506 e. The summed E-state index contributed by atoms with van der Waals surface area (Å²) in [6, 6.07) is 7.63. The number of ether oxygens (including phenoxy) is 1. The van der Waals surface area contributed by atoms with Gasteiger partial charge in [-0.3, -0.25) is 4.79 Å². The van der Waals surface area contributed by atoms with Crippen molar-refractivity contribution in [3.63, 3.8) is 0 Å².